The van der Waals surface area contributed by atoms with Gasteiger partial charge in [0.05, 0.1) is 17.1 Å². The second kappa shape index (κ2) is 8.26. The van der Waals surface area contributed by atoms with Crippen LogP contribution in [-0.2, 0) is 10.8 Å². The van der Waals surface area contributed by atoms with Gasteiger partial charge in [0.15, 0.2) is 11.5 Å². The monoisotopic (exact) mass is 561 g/mol. The molecule has 0 bridgehead atoms. The fourth-order valence-electron chi connectivity index (χ4n) is 8.18. The second-order valence-corrected chi connectivity index (χ2v) is 13.8. The molecule has 4 aliphatic rings. The first kappa shape index (κ1) is 24.9. The Hall–Kier alpha value is -4.64. The van der Waals surface area contributed by atoms with Crippen molar-refractivity contribution >= 4 is 40.2 Å². The third kappa shape index (κ3) is 3.45. The highest BCUT2D eigenvalue weighted by atomic mass is 16.5. The molecule has 0 saturated heterocycles. The number of hydrogen-bond donors (Lipinski definition) is 0. The topological polar surface area (TPSA) is 30.9 Å². The fourth-order valence-corrected chi connectivity index (χ4v) is 8.18. The number of benzene rings is 5. The maximum Gasteiger partial charge on any atom is 0.260 e. The van der Waals surface area contributed by atoms with Crippen LogP contribution in [0.4, 0.5) is 17.1 Å². The minimum Gasteiger partial charge on any atom is -0.458 e. The SMILES string of the molecule is Cc1ccc2c(c1)B1c3cc4c(cc3Oc3cc(N5c6ccccc6Oc6ccccc65)cc(c31)O2)C(C)(C)CC4(C)C. The molecule has 5 heteroatoms. The molecule has 3 heterocycles. The van der Waals surface area contributed by atoms with E-state index in [1.165, 1.54) is 27.6 Å². The molecule has 4 nitrogen and oxygen atoms in total. The number of hydrogen-bond acceptors (Lipinski definition) is 4. The molecule has 1 aliphatic carbocycles. The molecule has 0 N–H and O–H groups in total. The molecular formula is C38H32BNO3. The molecule has 210 valence electrons. The smallest absolute Gasteiger partial charge is 0.260 e. The minimum absolute atomic E-state index is 0.0283. The van der Waals surface area contributed by atoms with E-state index < -0.39 is 0 Å². The highest BCUT2D eigenvalue weighted by molar-refractivity contribution is 6.98. The van der Waals surface area contributed by atoms with Crippen LogP contribution in [0.3, 0.4) is 0 Å². The summed E-state index contributed by atoms with van der Waals surface area (Å²) in [5.74, 6) is 5.16. The normalized spacial score (nSPS) is 17.2. The van der Waals surface area contributed by atoms with Crippen LogP contribution in [0, 0.1) is 6.92 Å². The highest BCUT2D eigenvalue weighted by Crippen LogP contribution is 2.53. The van der Waals surface area contributed by atoms with Gasteiger partial charge in [-0.2, -0.15) is 0 Å². The summed E-state index contributed by atoms with van der Waals surface area (Å²) in [4.78, 5) is 2.25. The van der Waals surface area contributed by atoms with Gasteiger partial charge in [-0.25, -0.2) is 0 Å². The van der Waals surface area contributed by atoms with Gasteiger partial charge in [0.1, 0.15) is 23.0 Å². The van der Waals surface area contributed by atoms with Crippen molar-refractivity contribution in [3.8, 4) is 34.5 Å². The highest BCUT2D eigenvalue weighted by Gasteiger charge is 2.46. The van der Waals surface area contributed by atoms with Crippen molar-refractivity contribution in [1.29, 1.82) is 0 Å². The van der Waals surface area contributed by atoms with Crippen molar-refractivity contribution in [1.82, 2.24) is 0 Å². The molecule has 5 aromatic rings. The van der Waals surface area contributed by atoms with Crippen molar-refractivity contribution < 1.29 is 14.2 Å². The third-order valence-corrected chi connectivity index (χ3v) is 9.79. The summed E-state index contributed by atoms with van der Waals surface area (Å²) in [7, 11) is 0. The average molecular weight is 561 g/mol. The maximum absolute atomic E-state index is 6.93. The van der Waals surface area contributed by atoms with E-state index in [1.807, 2.05) is 36.4 Å². The molecule has 0 atom stereocenters. The number of fused-ring (bicyclic) bond motifs is 7. The van der Waals surface area contributed by atoms with E-state index in [2.05, 4.69) is 94.1 Å². The molecule has 43 heavy (non-hydrogen) atoms. The Morgan fingerprint density at radius 1 is 0.581 bits per heavy atom. The summed E-state index contributed by atoms with van der Waals surface area (Å²) < 4.78 is 20.0. The molecule has 0 amide bonds. The zero-order valence-electron chi connectivity index (χ0n) is 25.1. The fraction of sp³-hybridized carbons (Fsp3) is 0.211. The van der Waals surface area contributed by atoms with Crippen LogP contribution in [0.15, 0.2) is 91.0 Å². The Kier molecular flexibility index (Phi) is 4.78. The Bertz CT molecular complexity index is 1980. The van der Waals surface area contributed by atoms with E-state index >= 15 is 0 Å². The first-order chi connectivity index (χ1) is 20.7. The summed E-state index contributed by atoms with van der Waals surface area (Å²) >= 11 is 0. The van der Waals surface area contributed by atoms with E-state index in [0.717, 1.165) is 63.4 Å². The van der Waals surface area contributed by atoms with Gasteiger partial charge < -0.3 is 19.1 Å². The van der Waals surface area contributed by atoms with E-state index in [4.69, 9.17) is 14.2 Å². The molecule has 0 radical (unpaired) electrons. The first-order valence-electron chi connectivity index (χ1n) is 15.2. The van der Waals surface area contributed by atoms with Gasteiger partial charge in [-0.1, -0.05) is 75.7 Å². The van der Waals surface area contributed by atoms with Crippen LogP contribution in [0.25, 0.3) is 0 Å². The molecule has 0 unspecified atom stereocenters. The van der Waals surface area contributed by atoms with Crippen LogP contribution in [0.1, 0.15) is 50.8 Å². The Balaban J connectivity index is 1.30. The van der Waals surface area contributed by atoms with Crippen LogP contribution >= 0.6 is 0 Å². The standard InChI is InChI=1S/C38H32BNO3/c1-22-14-15-30-26(16-22)39-27-19-24-25(38(4,5)21-37(24,2)3)20-33(27)43-35-18-23(17-34(41-30)36(35)39)40-28-10-6-8-12-31(28)42-32-13-9-7-11-29(32)40/h6-20H,21H2,1-5H3. The van der Waals surface area contributed by atoms with E-state index in [9.17, 15) is 0 Å². The lowest BCUT2D eigenvalue weighted by atomic mass is 9.34. The van der Waals surface area contributed by atoms with Crippen LogP contribution < -0.4 is 35.5 Å². The van der Waals surface area contributed by atoms with Gasteiger partial charge >= 0.3 is 0 Å². The number of anilines is 3. The average Bonchev–Trinajstić information content (AvgIpc) is 3.16. The molecular weight excluding hydrogens is 529 g/mol. The number of nitrogens with zero attached hydrogens (tertiary/aromatic N) is 1. The molecule has 5 aromatic carbocycles. The number of aryl methyl sites for hydroxylation is 1. The summed E-state index contributed by atoms with van der Waals surface area (Å²) in [5, 5.41) is 0. The summed E-state index contributed by atoms with van der Waals surface area (Å²) in [5.41, 5.74) is 10.7. The van der Waals surface area contributed by atoms with Crippen LogP contribution in [-0.4, -0.2) is 6.71 Å². The van der Waals surface area contributed by atoms with Gasteiger partial charge in [-0.15, -0.1) is 0 Å². The molecule has 0 saturated carbocycles. The van der Waals surface area contributed by atoms with Gasteiger partial charge in [0.25, 0.3) is 6.71 Å². The molecule has 0 aromatic heterocycles. The van der Waals surface area contributed by atoms with E-state index in [1.54, 1.807) is 0 Å². The molecule has 9 rings (SSSR count). The molecule has 0 fully saturated rings. The Labute approximate surface area is 252 Å². The molecule has 0 spiro atoms. The lowest BCUT2D eigenvalue weighted by Crippen LogP contribution is -2.57. The van der Waals surface area contributed by atoms with Gasteiger partial charge in [0.2, 0.25) is 0 Å². The quantitative estimate of drug-likeness (QED) is 0.189. The lowest BCUT2D eigenvalue weighted by molar-refractivity contribution is 0.402. The van der Waals surface area contributed by atoms with Crippen molar-refractivity contribution in [2.75, 3.05) is 4.90 Å². The Morgan fingerprint density at radius 2 is 1.14 bits per heavy atom. The second-order valence-electron chi connectivity index (χ2n) is 13.8. The molecule has 3 aliphatic heterocycles. The summed E-state index contributed by atoms with van der Waals surface area (Å²) in [6.07, 6.45) is 1.11. The maximum atomic E-state index is 6.93. The van der Waals surface area contributed by atoms with Gasteiger partial charge in [-0.05, 0) is 82.6 Å². The van der Waals surface area contributed by atoms with E-state index in [-0.39, 0.29) is 17.5 Å². The van der Waals surface area contributed by atoms with E-state index in [0.29, 0.717) is 0 Å². The summed E-state index contributed by atoms with van der Waals surface area (Å²) in [6, 6.07) is 32.0. The number of para-hydroxylation sites is 4. The summed E-state index contributed by atoms with van der Waals surface area (Å²) in [6.45, 7) is 11.7. The first-order valence-corrected chi connectivity index (χ1v) is 15.2. The van der Waals surface area contributed by atoms with Gasteiger partial charge in [-0.3, -0.25) is 0 Å². The largest absolute Gasteiger partial charge is 0.458 e. The third-order valence-electron chi connectivity index (χ3n) is 9.79. The Morgan fingerprint density at radius 3 is 1.81 bits per heavy atom. The van der Waals surface area contributed by atoms with Crippen molar-refractivity contribution in [3.63, 3.8) is 0 Å². The lowest BCUT2D eigenvalue weighted by Gasteiger charge is -2.37. The zero-order chi connectivity index (χ0) is 29.2. The minimum atomic E-state index is 0.0283. The van der Waals surface area contributed by atoms with Gasteiger partial charge in [0, 0.05) is 17.6 Å². The zero-order valence-corrected chi connectivity index (χ0v) is 25.1. The van der Waals surface area contributed by atoms with Crippen molar-refractivity contribution in [3.05, 3.63) is 108 Å². The van der Waals surface area contributed by atoms with Crippen molar-refractivity contribution in [2.24, 2.45) is 0 Å². The van der Waals surface area contributed by atoms with Crippen LogP contribution in [0.2, 0.25) is 0 Å². The van der Waals surface area contributed by atoms with Crippen LogP contribution in [0.5, 0.6) is 34.5 Å². The predicted molar refractivity (Wildman–Crippen MR) is 174 cm³/mol. The number of rotatable bonds is 1. The number of ether oxygens (including phenoxy) is 3. The predicted octanol–water partition coefficient (Wildman–Crippen LogP) is 8.26. The van der Waals surface area contributed by atoms with Crippen molar-refractivity contribution in [2.45, 2.75) is 51.9 Å².